The van der Waals surface area contributed by atoms with Crippen LogP contribution in [0, 0.1) is 5.92 Å². The topological polar surface area (TPSA) is 73.9 Å². The van der Waals surface area contributed by atoms with Gasteiger partial charge in [0.2, 0.25) is 0 Å². The summed E-state index contributed by atoms with van der Waals surface area (Å²) in [6, 6.07) is 6.19. The minimum atomic E-state index is -0.111. The molecule has 0 aromatic carbocycles. The molecule has 1 aliphatic rings. The van der Waals surface area contributed by atoms with Crippen LogP contribution in [-0.4, -0.2) is 46.1 Å². The first-order valence-electron chi connectivity index (χ1n) is 8.11. The van der Waals surface area contributed by atoms with E-state index in [2.05, 4.69) is 38.5 Å². The predicted molar refractivity (Wildman–Crippen MR) is 88.0 cm³/mol. The van der Waals surface area contributed by atoms with E-state index in [1.807, 2.05) is 25.3 Å². The number of hydrogen-bond donors (Lipinski definition) is 2. The number of likely N-dealkylation sites (tertiary alicyclic amines) is 1. The van der Waals surface area contributed by atoms with Crippen molar-refractivity contribution in [3.05, 3.63) is 47.5 Å². The van der Waals surface area contributed by atoms with Crippen LogP contribution in [0.1, 0.15) is 41.1 Å². The Hall–Kier alpha value is -2.21. The molecule has 0 unspecified atom stereocenters. The molecule has 1 amide bonds. The number of nitrogens with one attached hydrogen (secondary N) is 2. The fraction of sp³-hybridized carbons (Fsp3) is 0.471. The zero-order valence-corrected chi connectivity index (χ0v) is 13.6. The molecule has 3 rings (SSSR count). The highest BCUT2D eigenvalue weighted by molar-refractivity contribution is 5.92. The molecule has 2 aromatic rings. The molecule has 0 radical (unpaired) electrons. The standard InChI is InChI=1S/C17H23N5O/c1-3-14-9-15(21-20-14)17(23)19-11-13-6-8-22(2)16(13)12-5-4-7-18-10-12/h4-5,7,9-10,13,16H,3,6,8,11H2,1-2H3,(H,19,23)(H,20,21)/t13-,16-/m0/s1. The Balaban J connectivity index is 1.64. The number of aromatic amines is 1. The molecule has 3 heterocycles. The predicted octanol–water partition coefficient (Wildman–Crippen LogP) is 1.79. The third-order valence-corrected chi connectivity index (χ3v) is 4.57. The van der Waals surface area contributed by atoms with E-state index in [1.54, 1.807) is 6.20 Å². The largest absolute Gasteiger partial charge is 0.350 e. The van der Waals surface area contributed by atoms with Gasteiger partial charge in [-0.15, -0.1) is 0 Å². The number of carbonyl (C=O) groups is 1. The first kappa shape index (κ1) is 15.7. The van der Waals surface area contributed by atoms with Crippen LogP contribution in [0.15, 0.2) is 30.6 Å². The lowest BCUT2D eigenvalue weighted by Gasteiger charge is -2.25. The maximum absolute atomic E-state index is 12.2. The number of rotatable bonds is 5. The Kier molecular flexibility index (Phi) is 4.71. The van der Waals surface area contributed by atoms with Crippen LogP contribution in [0.3, 0.4) is 0 Å². The van der Waals surface area contributed by atoms with Gasteiger partial charge in [0, 0.05) is 30.7 Å². The molecule has 0 aliphatic carbocycles. The maximum Gasteiger partial charge on any atom is 0.271 e. The number of pyridine rings is 1. The summed E-state index contributed by atoms with van der Waals surface area (Å²) in [7, 11) is 2.13. The minimum absolute atomic E-state index is 0.111. The van der Waals surface area contributed by atoms with Crippen LogP contribution >= 0.6 is 0 Å². The fourth-order valence-electron chi connectivity index (χ4n) is 3.29. The summed E-state index contributed by atoms with van der Waals surface area (Å²) in [5.74, 6) is 0.276. The second-order valence-corrected chi connectivity index (χ2v) is 6.10. The van der Waals surface area contributed by atoms with Gasteiger partial charge in [-0.2, -0.15) is 5.10 Å². The zero-order valence-electron chi connectivity index (χ0n) is 13.6. The van der Waals surface area contributed by atoms with Crippen LogP contribution in [0.2, 0.25) is 0 Å². The van der Waals surface area contributed by atoms with Crippen molar-refractivity contribution in [2.75, 3.05) is 20.1 Å². The lowest BCUT2D eigenvalue weighted by atomic mass is 9.95. The molecule has 122 valence electrons. The second kappa shape index (κ2) is 6.91. The fourth-order valence-corrected chi connectivity index (χ4v) is 3.29. The van der Waals surface area contributed by atoms with E-state index in [0.717, 1.165) is 25.1 Å². The van der Waals surface area contributed by atoms with E-state index >= 15 is 0 Å². The summed E-state index contributed by atoms with van der Waals surface area (Å²) < 4.78 is 0. The van der Waals surface area contributed by atoms with Gasteiger partial charge in [-0.1, -0.05) is 13.0 Å². The molecule has 2 atom stereocenters. The third kappa shape index (κ3) is 3.42. The molecule has 1 aliphatic heterocycles. The molecule has 6 heteroatoms. The lowest BCUT2D eigenvalue weighted by Crippen LogP contribution is -2.32. The Labute approximate surface area is 136 Å². The second-order valence-electron chi connectivity index (χ2n) is 6.10. The van der Waals surface area contributed by atoms with E-state index in [0.29, 0.717) is 24.2 Å². The molecule has 1 fully saturated rings. The number of carbonyl (C=O) groups excluding carboxylic acids is 1. The third-order valence-electron chi connectivity index (χ3n) is 4.57. The van der Waals surface area contributed by atoms with Crippen molar-refractivity contribution in [3.63, 3.8) is 0 Å². The molecule has 0 spiro atoms. The Morgan fingerprint density at radius 1 is 1.52 bits per heavy atom. The van der Waals surface area contributed by atoms with Gasteiger partial charge in [0.15, 0.2) is 0 Å². The number of amides is 1. The van der Waals surface area contributed by atoms with Crippen LogP contribution in [0.5, 0.6) is 0 Å². The Morgan fingerprint density at radius 3 is 3.09 bits per heavy atom. The quantitative estimate of drug-likeness (QED) is 0.882. The van der Waals surface area contributed by atoms with Gasteiger partial charge in [-0.05, 0) is 50.0 Å². The number of aromatic nitrogens is 3. The summed E-state index contributed by atoms with van der Waals surface area (Å²) in [4.78, 5) is 18.8. The highest BCUT2D eigenvalue weighted by atomic mass is 16.1. The van der Waals surface area contributed by atoms with Crippen molar-refractivity contribution in [1.29, 1.82) is 0 Å². The van der Waals surface area contributed by atoms with Crippen LogP contribution in [-0.2, 0) is 6.42 Å². The maximum atomic E-state index is 12.2. The van der Waals surface area contributed by atoms with Crippen molar-refractivity contribution < 1.29 is 4.79 Å². The van der Waals surface area contributed by atoms with Gasteiger partial charge in [-0.3, -0.25) is 19.8 Å². The Bertz CT molecular complexity index is 654. The molecule has 6 nitrogen and oxygen atoms in total. The number of H-pyrrole nitrogens is 1. The van der Waals surface area contributed by atoms with E-state index in [-0.39, 0.29) is 5.91 Å². The van der Waals surface area contributed by atoms with E-state index in [9.17, 15) is 4.79 Å². The average molecular weight is 313 g/mol. The summed E-state index contributed by atoms with van der Waals surface area (Å²) in [6.45, 7) is 3.71. The monoisotopic (exact) mass is 313 g/mol. The average Bonchev–Trinajstić information content (AvgIpc) is 3.20. The molecule has 0 bridgehead atoms. The highest BCUT2D eigenvalue weighted by Gasteiger charge is 2.33. The molecular weight excluding hydrogens is 290 g/mol. The van der Waals surface area contributed by atoms with Gasteiger partial charge in [0.25, 0.3) is 5.91 Å². The molecule has 1 saturated heterocycles. The summed E-state index contributed by atoms with van der Waals surface area (Å²) in [5, 5.41) is 9.98. The minimum Gasteiger partial charge on any atom is -0.350 e. The SMILES string of the molecule is CCc1cc(C(=O)NC[C@@H]2CCN(C)[C@H]2c2cccnc2)n[nH]1. The number of hydrogen-bond acceptors (Lipinski definition) is 4. The zero-order chi connectivity index (χ0) is 16.2. The lowest BCUT2D eigenvalue weighted by molar-refractivity contribution is 0.0938. The normalized spacial score (nSPS) is 21.5. The number of nitrogens with zero attached hydrogens (tertiary/aromatic N) is 3. The van der Waals surface area contributed by atoms with Crippen molar-refractivity contribution in [2.24, 2.45) is 5.92 Å². The van der Waals surface area contributed by atoms with Gasteiger partial charge in [0.1, 0.15) is 5.69 Å². The molecule has 23 heavy (non-hydrogen) atoms. The first-order chi connectivity index (χ1) is 11.2. The summed E-state index contributed by atoms with van der Waals surface area (Å²) >= 11 is 0. The van der Waals surface area contributed by atoms with Gasteiger partial charge in [0.05, 0.1) is 0 Å². The van der Waals surface area contributed by atoms with Crippen molar-refractivity contribution >= 4 is 5.91 Å². The van der Waals surface area contributed by atoms with Gasteiger partial charge < -0.3 is 5.32 Å². The Morgan fingerprint density at radius 2 is 2.39 bits per heavy atom. The molecule has 0 saturated carbocycles. The van der Waals surface area contributed by atoms with Crippen molar-refractivity contribution in [3.8, 4) is 0 Å². The van der Waals surface area contributed by atoms with E-state index in [1.165, 1.54) is 5.56 Å². The molecular formula is C17H23N5O. The van der Waals surface area contributed by atoms with Gasteiger partial charge in [-0.25, -0.2) is 0 Å². The highest BCUT2D eigenvalue weighted by Crippen LogP contribution is 2.35. The van der Waals surface area contributed by atoms with Crippen LogP contribution in [0.4, 0.5) is 0 Å². The van der Waals surface area contributed by atoms with E-state index < -0.39 is 0 Å². The van der Waals surface area contributed by atoms with E-state index in [4.69, 9.17) is 0 Å². The number of aryl methyl sites for hydroxylation is 1. The summed E-state index contributed by atoms with van der Waals surface area (Å²) in [6.07, 6.45) is 5.62. The van der Waals surface area contributed by atoms with Crippen molar-refractivity contribution in [2.45, 2.75) is 25.8 Å². The van der Waals surface area contributed by atoms with Crippen molar-refractivity contribution in [1.82, 2.24) is 25.4 Å². The molecule has 2 aromatic heterocycles. The molecule has 2 N–H and O–H groups in total. The van der Waals surface area contributed by atoms with Crippen LogP contribution in [0.25, 0.3) is 0 Å². The smallest absolute Gasteiger partial charge is 0.271 e. The van der Waals surface area contributed by atoms with Crippen LogP contribution < -0.4 is 5.32 Å². The summed E-state index contributed by atoms with van der Waals surface area (Å²) in [5.41, 5.74) is 2.65. The van der Waals surface area contributed by atoms with Gasteiger partial charge >= 0.3 is 0 Å². The first-order valence-corrected chi connectivity index (χ1v) is 8.11.